The summed E-state index contributed by atoms with van der Waals surface area (Å²) >= 11 is 0. The summed E-state index contributed by atoms with van der Waals surface area (Å²) in [5.41, 5.74) is 0. The summed E-state index contributed by atoms with van der Waals surface area (Å²) in [7, 11) is 1.29. The zero-order chi connectivity index (χ0) is 12.0. The lowest BCUT2D eigenvalue weighted by atomic mass is 9.98. The van der Waals surface area contributed by atoms with Gasteiger partial charge in [-0.05, 0) is 12.8 Å². The Hall–Kier alpha value is -1.39. The Morgan fingerprint density at radius 1 is 1.38 bits per heavy atom. The van der Waals surface area contributed by atoms with Crippen molar-refractivity contribution in [3.8, 4) is 0 Å². The summed E-state index contributed by atoms with van der Waals surface area (Å²) in [6.45, 7) is 4.23. The van der Waals surface area contributed by atoms with E-state index in [0.717, 1.165) is 25.7 Å². The molecule has 0 aromatic carbocycles. The third-order valence-electron chi connectivity index (χ3n) is 2.44. The molecule has 0 aliphatic heterocycles. The van der Waals surface area contributed by atoms with Gasteiger partial charge in [-0.15, -0.1) is 0 Å². The van der Waals surface area contributed by atoms with E-state index < -0.39 is 5.97 Å². The third kappa shape index (κ3) is 3.05. The molecule has 0 saturated carbocycles. The topological polar surface area (TPSA) is 65.2 Å². The second-order valence-corrected chi connectivity index (χ2v) is 3.72. The third-order valence-corrected chi connectivity index (χ3v) is 2.44. The van der Waals surface area contributed by atoms with E-state index in [1.165, 1.54) is 7.11 Å². The molecule has 0 amide bonds. The van der Waals surface area contributed by atoms with Crippen LogP contribution in [0.2, 0.25) is 0 Å². The highest BCUT2D eigenvalue weighted by atomic mass is 16.6. The Bertz CT molecular complexity index is 330. The predicted molar refractivity (Wildman–Crippen MR) is 58.2 cm³/mol. The van der Waals surface area contributed by atoms with Crippen molar-refractivity contribution in [2.24, 2.45) is 0 Å². The number of rotatable bonds is 6. The molecule has 0 aliphatic rings. The molecule has 0 unspecified atom stereocenters. The lowest BCUT2D eigenvalue weighted by molar-refractivity contribution is 0.0545. The first-order valence-electron chi connectivity index (χ1n) is 5.64. The second kappa shape index (κ2) is 6.25. The van der Waals surface area contributed by atoms with Crippen molar-refractivity contribution in [3.63, 3.8) is 0 Å². The molecule has 0 N–H and O–H groups in total. The van der Waals surface area contributed by atoms with Crippen LogP contribution >= 0.6 is 0 Å². The van der Waals surface area contributed by atoms with Crippen LogP contribution in [0.25, 0.3) is 0 Å². The van der Waals surface area contributed by atoms with Crippen molar-refractivity contribution >= 4 is 5.97 Å². The van der Waals surface area contributed by atoms with Crippen molar-refractivity contribution < 1.29 is 14.1 Å². The molecular weight excluding hydrogens is 208 g/mol. The molecule has 0 spiro atoms. The maximum Gasteiger partial charge on any atom is 0.397 e. The van der Waals surface area contributed by atoms with E-state index in [1.807, 2.05) is 0 Å². The van der Waals surface area contributed by atoms with Gasteiger partial charge in [0.05, 0.1) is 7.11 Å². The number of aromatic nitrogens is 2. The zero-order valence-corrected chi connectivity index (χ0v) is 10.0. The largest absolute Gasteiger partial charge is 0.462 e. The molecule has 0 radical (unpaired) electrons. The highest BCUT2D eigenvalue weighted by molar-refractivity contribution is 5.83. The molecule has 0 atom stereocenters. The highest BCUT2D eigenvalue weighted by Crippen LogP contribution is 2.23. The molecule has 1 rings (SSSR count). The average Bonchev–Trinajstić information content (AvgIpc) is 2.77. The minimum Gasteiger partial charge on any atom is -0.462 e. The summed E-state index contributed by atoms with van der Waals surface area (Å²) in [6, 6.07) is 0. The minimum absolute atomic E-state index is 0.0605. The number of ether oxygens (including phenoxy) is 1. The monoisotopic (exact) mass is 226 g/mol. The van der Waals surface area contributed by atoms with Crippen LogP contribution in [0.4, 0.5) is 0 Å². The van der Waals surface area contributed by atoms with Gasteiger partial charge in [-0.1, -0.05) is 31.8 Å². The lowest BCUT2D eigenvalue weighted by Gasteiger charge is -2.09. The fourth-order valence-corrected chi connectivity index (χ4v) is 1.67. The number of methoxy groups -OCH3 is 1. The summed E-state index contributed by atoms with van der Waals surface area (Å²) in [5.74, 6) is 0.251. The molecule has 1 aromatic heterocycles. The normalized spacial score (nSPS) is 10.8. The van der Waals surface area contributed by atoms with Gasteiger partial charge < -0.3 is 9.26 Å². The number of carbonyl (C=O) groups excluding carboxylic acids is 1. The standard InChI is InChI=1S/C11H18N2O3/c1-4-6-8(7-5-2)9-12-10(16-13-9)11(14)15-3/h8H,4-7H2,1-3H3. The molecule has 5 nitrogen and oxygen atoms in total. The number of esters is 1. The van der Waals surface area contributed by atoms with E-state index in [0.29, 0.717) is 5.82 Å². The maximum absolute atomic E-state index is 11.1. The SMILES string of the molecule is CCCC(CCC)c1noc(C(=O)OC)n1. The van der Waals surface area contributed by atoms with Gasteiger partial charge in [0.1, 0.15) is 0 Å². The number of carbonyl (C=O) groups is 1. The Morgan fingerprint density at radius 3 is 2.50 bits per heavy atom. The molecule has 1 aromatic rings. The molecule has 5 heteroatoms. The van der Waals surface area contributed by atoms with Gasteiger partial charge in [-0.25, -0.2) is 4.79 Å². The smallest absolute Gasteiger partial charge is 0.397 e. The van der Waals surface area contributed by atoms with Gasteiger partial charge in [0, 0.05) is 5.92 Å². The Morgan fingerprint density at radius 2 is 2.00 bits per heavy atom. The summed E-state index contributed by atoms with van der Waals surface area (Å²) in [5, 5.41) is 3.84. The molecule has 16 heavy (non-hydrogen) atoms. The van der Waals surface area contributed by atoms with Crippen molar-refractivity contribution in [2.75, 3.05) is 7.11 Å². The van der Waals surface area contributed by atoms with Crippen molar-refractivity contribution in [1.29, 1.82) is 0 Å². The zero-order valence-electron chi connectivity index (χ0n) is 10.0. The van der Waals surface area contributed by atoms with Gasteiger partial charge in [-0.2, -0.15) is 4.98 Å². The van der Waals surface area contributed by atoms with E-state index in [1.54, 1.807) is 0 Å². The molecule has 0 saturated heterocycles. The Kier molecular flexibility index (Phi) is 4.95. The van der Waals surface area contributed by atoms with Crippen LogP contribution in [-0.2, 0) is 4.74 Å². The summed E-state index contributed by atoms with van der Waals surface area (Å²) in [6.07, 6.45) is 4.14. The van der Waals surface area contributed by atoms with Crippen molar-refractivity contribution in [2.45, 2.75) is 45.4 Å². The Balaban J connectivity index is 2.76. The number of hydrogen-bond donors (Lipinski definition) is 0. The molecule has 0 fully saturated rings. The quantitative estimate of drug-likeness (QED) is 0.697. The molecule has 90 valence electrons. The van der Waals surface area contributed by atoms with Crippen LogP contribution in [-0.4, -0.2) is 23.2 Å². The molecule has 0 aliphatic carbocycles. The van der Waals surface area contributed by atoms with E-state index in [9.17, 15) is 4.79 Å². The highest BCUT2D eigenvalue weighted by Gasteiger charge is 2.20. The van der Waals surface area contributed by atoms with E-state index in [2.05, 4.69) is 28.7 Å². The second-order valence-electron chi connectivity index (χ2n) is 3.72. The fourth-order valence-electron chi connectivity index (χ4n) is 1.67. The minimum atomic E-state index is -0.578. The first-order chi connectivity index (χ1) is 7.72. The van der Waals surface area contributed by atoms with Gasteiger partial charge >= 0.3 is 11.9 Å². The van der Waals surface area contributed by atoms with E-state index in [4.69, 9.17) is 4.52 Å². The van der Waals surface area contributed by atoms with Gasteiger partial charge in [-0.3, -0.25) is 0 Å². The van der Waals surface area contributed by atoms with Gasteiger partial charge in [0.2, 0.25) is 0 Å². The summed E-state index contributed by atoms with van der Waals surface area (Å²) < 4.78 is 9.37. The van der Waals surface area contributed by atoms with Crippen molar-refractivity contribution in [3.05, 3.63) is 11.7 Å². The molecule has 1 heterocycles. The predicted octanol–water partition coefficient (Wildman–Crippen LogP) is 2.54. The average molecular weight is 226 g/mol. The van der Waals surface area contributed by atoms with Gasteiger partial charge in [0.15, 0.2) is 5.82 Å². The van der Waals surface area contributed by atoms with Crippen molar-refractivity contribution in [1.82, 2.24) is 10.1 Å². The van der Waals surface area contributed by atoms with E-state index >= 15 is 0 Å². The molecule has 0 bridgehead atoms. The maximum atomic E-state index is 11.1. The van der Waals surface area contributed by atoms with Crippen LogP contribution in [0.15, 0.2) is 4.52 Å². The van der Waals surface area contributed by atoms with Crippen LogP contribution in [0.3, 0.4) is 0 Å². The molecular formula is C11H18N2O3. The van der Waals surface area contributed by atoms with Gasteiger partial charge in [0.25, 0.3) is 0 Å². The number of nitrogens with zero attached hydrogens (tertiary/aromatic N) is 2. The Labute approximate surface area is 95.2 Å². The fraction of sp³-hybridized carbons (Fsp3) is 0.727. The van der Waals surface area contributed by atoms with Crippen LogP contribution in [0.1, 0.15) is 62.0 Å². The first kappa shape index (κ1) is 12.7. The lowest BCUT2D eigenvalue weighted by Crippen LogP contribution is -2.04. The summed E-state index contributed by atoms with van der Waals surface area (Å²) in [4.78, 5) is 15.2. The van der Waals surface area contributed by atoms with Crippen LogP contribution in [0.5, 0.6) is 0 Å². The van der Waals surface area contributed by atoms with E-state index in [-0.39, 0.29) is 11.8 Å². The van der Waals surface area contributed by atoms with Crippen LogP contribution in [0, 0.1) is 0 Å². The first-order valence-corrected chi connectivity index (χ1v) is 5.64. The number of hydrogen-bond acceptors (Lipinski definition) is 5. The van der Waals surface area contributed by atoms with Crippen LogP contribution < -0.4 is 0 Å².